The Labute approximate surface area is 137 Å². The van der Waals surface area contributed by atoms with Crippen molar-refractivity contribution in [3.63, 3.8) is 0 Å². The monoisotopic (exact) mass is 304 g/mol. The van der Waals surface area contributed by atoms with Crippen molar-refractivity contribution in [2.45, 2.75) is 18.4 Å². The number of rotatable bonds is 6. The second kappa shape index (κ2) is 6.61. The lowest BCUT2D eigenvalue weighted by atomic mass is 9.84. The predicted octanol–water partition coefficient (Wildman–Crippen LogP) is 3.27. The molecule has 0 saturated carbocycles. The lowest BCUT2D eigenvalue weighted by molar-refractivity contribution is -0.130. The van der Waals surface area contributed by atoms with Gasteiger partial charge in [-0.15, -0.1) is 6.58 Å². The van der Waals surface area contributed by atoms with Gasteiger partial charge in [-0.3, -0.25) is 14.7 Å². The van der Waals surface area contributed by atoms with Crippen molar-refractivity contribution in [3.8, 4) is 0 Å². The van der Waals surface area contributed by atoms with Gasteiger partial charge in [-0.2, -0.15) is 0 Å². The van der Waals surface area contributed by atoms with E-state index in [0.29, 0.717) is 19.4 Å². The Morgan fingerprint density at radius 1 is 0.957 bits per heavy atom. The molecule has 0 aromatic heterocycles. The molecule has 0 radical (unpaired) electrons. The third-order valence-electron chi connectivity index (χ3n) is 4.11. The molecule has 1 aliphatic rings. The first-order valence-corrected chi connectivity index (χ1v) is 7.79. The first-order chi connectivity index (χ1) is 11.2. The van der Waals surface area contributed by atoms with Crippen LogP contribution in [0.5, 0.6) is 0 Å². The van der Waals surface area contributed by atoms with Gasteiger partial charge >= 0.3 is 0 Å². The van der Waals surface area contributed by atoms with E-state index in [2.05, 4.69) is 11.6 Å². The van der Waals surface area contributed by atoms with Gasteiger partial charge in [-0.1, -0.05) is 66.7 Å². The zero-order valence-electron chi connectivity index (χ0n) is 13.1. The Morgan fingerprint density at radius 3 is 1.96 bits per heavy atom. The molecule has 0 fully saturated rings. The van der Waals surface area contributed by atoms with Crippen molar-refractivity contribution in [3.05, 3.63) is 84.4 Å². The smallest absolute Gasteiger partial charge is 0.256 e. The molecule has 0 atom stereocenters. The molecule has 1 heterocycles. The highest BCUT2D eigenvalue weighted by Crippen LogP contribution is 2.29. The van der Waals surface area contributed by atoms with Crippen LogP contribution in [0.4, 0.5) is 0 Å². The molecule has 1 aliphatic heterocycles. The van der Waals surface area contributed by atoms with Crippen LogP contribution in [0, 0.1) is 0 Å². The third kappa shape index (κ3) is 3.24. The van der Waals surface area contributed by atoms with Gasteiger partial charge < -0.3 is 0 Å². The average Bonchev–Trinajstić information content (AvgIpc) is 2.87. The van der Waals surface area contributed by atoms with Crippen LogP contribution in [-0.4, -0.2) is 29.2 Å². The van der Waals surface area contributed by atoms with Crippen LogP contribution in [0.15, 0.2) is 78.3 Å². The summed E-state index contributed by atoms with van der Waals surface area (Å²) in [4.78, 5) is 19.3. The molecule has 0 N–H and O–H groups in total. The van der Waals surface area contributed by atoms with Crippen LogP contribution in [0.2, 0.25) is 0 Å². The number of aliphatic imine (C=N–C) groups is 1. The number of amides is 1. The molecule has 0 aliphatic carbocycles. The molecule has 3 rings (SSSR count). The maximum Gasteiger partial charge on any atom is 0.256 e. The average molecular weight is 304 g/mol. The van der Waals surface area contributed by atoms with Gasteiger partial charge in [-0.05, 0) is 11.1 Å². The van der Waals surface area contributed by atoms with Gasteiger partial charge in [-0.25, -0.2) is 0 Å². The standard InChI is InChI=1S/C20H20N2O/c1-2-13-22-16-21-20(19(22)23,14-17-9-5-3-6-10-17)15-18-11-7-4-8-12-18/h2-12,16H,1,13-15H2. The molecule has 0 unspecified atom stereocenters. The van der Waals surface area contributed by atoms with Crippen LogP contribution in [0.3, 0.4) is 0 Å². The van der Waals surface area contributed by atoms with Gasteiger partial charge in [0.2, 0.25) is 0 Å². The SMILES string of the molecule is C=CCN1C=NC(Cc2ccccc2)(Cc2ccccc2)C1=O. The minimum absolute atomic E-state index is 0.0464. The number of nitrogens with zero attached hydrogens (tertiary/aromatic N) is 2. The summed E-state index contributed by atoms with van der Waals surface area (Å²) in [6, 6.07) is 20.1. The zero-order valence-corrected chi connectivity index (χ0v) is 13.1. The third-order valence-corrected chi connectivity index (χ3v) is 4.11. The normalized spacial score (nSPS) is 15.8. The maximum atomic E-state index is 13.0. The van der Waals surface area contributed by atoms with E-state index in [-0.39, 0.29) is 5.91 Å². The van der Waals surface area contributed by atoms with Gasteiger partial charge in [0.1, 0.15) is 5.54 Å². The molecular weight excluding hydrogens is 284 g/mol. The topological polar surface area (TPSA) is 32.7 Å². The van der Waals surface area contributed by atoms with E-state index in [9.17, 15) is 4.79 Å². The highest BCUT2D eigenvalue weighted by molar-refractivity contribution is 6.00. The fourth-order valence-electron chi connectivity index (χ4n) is 3.00. The molecular formula is C20H20N2O. The summed E-state index contributed by atoms with van der Waals surface area (Å²) >= 11 is 0. The van der Waals surface area contributed by atoms with Crippen LogP contribution in [-0.2, 0) is 17.6 Å². The first kappa shape index (κ1) is 15.2. The Kier molecular flexibility index (Phi) is 4.38. The van der Waals surface area contributed by atoms with Crippen molar-refractivity contribution < 1.29 is 4.79 Å². The largest absolute Gasteiger partial charge is 0.297 e. The predicted molar refractivity (Wildman–Crippen MR) is 93.4 cm³/mol. The zero-order chi connectivity index (χ0) is 16.1. The quantitative estimate of drug-likeness (QED) is 0.754. The summed E-state index contributed by atoms with van der Waals surface area (Å²) < 4.78 is 0. The highest BCUT2D eigenvalue weighted by atomic mass is 16.2. The fraction of sp³-hybridized carbons (Fsp3) is 0.200. The van der Waals surface area contributed by atoms with E-state index in [0.717, 1.165) is 11.1 Å². The van der Waals surface area contributed by atoms with Crippen LogP contribution in [0.25, 0.3) is 0 Å². The Hall–Kier alpha value is -2.68. The lowest BCUT2D eigenvalue weighted by Gasteiger charge is -2.26. The Bertz CT molecular complexity index is 665. The molecule has 2 aromatic carbocycles. The number of benzene rings is 2. The minimum Gasteiger partial charge on any atom is -0.297 e. The summed E-state index contributed by atoms with van der Waals surface area (Å²) in [5.41, 5.74) is 1.48. The van der Waals surface area contributed by atoms with Crippen LogP contribution < -0.4 is 0 Å². The van der Waals surface area contributed by atoms with E-state index >= 15 is 0 Å². The van der Waals surface area contributed by atoms with Gasteiger partial charge in [0, 0.05) is 19.4 Å². The molecule has 116 valence electrons. The highest BCUT2D eigenvalue weighted by Gasteiger charge is 2.44. The number of carbonyl (C=O) groups is 1. The molecule has 23 heavy (non-hydrogen) atoms. The summed E-state index contributed by atoms with van der Waals surface area (Å²) in [7, 11) is 0. The second-order valence-electron chi connectivity index (χ2n) is 5.85. The van der Waals surface area contributed by atoms with Crippen molar-refractivity contribution in [1.29, 1.82) is 0 Å². The van der Waals surface area contributed by atoms with E-state index in [4.69, 9.17) is 0 Å². The van der Waals surface area contributed by atoms with Crippen molar-refractivity contribution in [2.75, 3.05) is 6.54 Å². The van der Waals surface area contributed by atoms with E-state index in [1.54, 1.807) is 17.3 Å². The molecule has 0 saturated heterocycles. The lowest BCUT2D eigenvalue weighted by Crippen LogP contribution is -2.44. The molecule has 0 spiro atoms. The Balaban J connectivity index is 1.92. The van der Waals surface area contributed by atoms with Gasteiger partial charge in [0.15, 0.2) is 0 Å². The minimum atomic E-state index is -0.758. The fourth-order valence-corrected chi connectivity index (χ4v) is 3.00. The van der Waals surface area contributed by atoms with Gasteiger partial charge in [0.25, 0.3) is 5.91 Å². The summed E-state index contributed by atoms with van der Waals surface area (Å²) in [6.45, 7) is 4.21. The van der Waals surface area contributed by atoms with Crippen LogP contribution in [0.1, 0.15) is 11.1 Å². The number of hydrogen-bond acceptors (Lipinski definition) is 2. The van der Waals surface area contributed by atoms with Crippen LogP contribution >= 0.6 is 0 Å². The maximum absolute atomic E-state index is 13.0. The van der Waals surface area contributed by atoms with Crippen molar-refractivity contribution >= 4 is 12.2 Å². The number of hydrogen-bond donors (Lipinski definition) is 0. The molecule has 3 heteroatoms. The summed E-state index contributed by atoms with van der Waals surface area (Å²) in [6.07, 6.45) is 4.60. The summed E-state index contributed by atoms with van der Waals surface area (Å²) in [5.74, 6) is 0.0464. The van der Waals surface area contributed by atoms with E-state index in [1.807, 2.05) is 60.7 Å². The molecule has 0 bridgehead atoms. The molecule has 3 nitrogen and oxygen atoms in total. The van der Waals surface area contributed by atoms with Gasteiger partial charge in [0.05, 0.1) is 6.34 Å². The van der Waals surface area contributed by atoms with Crippen molar-refractivity contribution in [2.24, 2.45) is 4.99 Å². The van der Waals surface area contributed by atoms with E-state index < -0.39 is 5.54 Å². The molecule has 2 aromatic rings. The van der Waals surface area contributed by atoms with Crippen molar-refractivity contribution in [1.82, 2.24) is 4.90 Å². The summed E-state index contributed by atoms with van der Waals surface area (Å²) in [5, 5.41) is 0. The van der Waals surface area contributed by atoms with E-state index in [1.165, 1.54) is 0 Å². The number of carbonyl (C=O) groups excluding carboxylic acids is 1. The second-order valence-corrected chi connectivity index (χ2v) is 5.85. The first-order valence-electron chi connectivity index (χ1n) is 7.79. The molecule has 1 amide bonds. The Morgan fingerprint density at radius 2 is 1.48 bits per heavy atom.